The van der Waals surface area contributed by atoms with Gasteiger partial charge in [0.2, 0.25) is 0 Å². The van der Waals surface area contributed by atoms with Crippen molar-refractivity contribution in [1.82, 2.24) is 5.32 Å². The first kappa shape index (κ1) is 30.4. The van der Waals surface area contributed by atoms with Crippen LogP contribution >= 0.6 is 23.2 Å². The molecule has 1 fully saturated rings. The fourth-order valence-electron chi connectivity index (χ4n) is 4.45. The van der Waals surface area contributed by atoms with Gasteiger partial charge in [-0.1, -0.05) is 56.3 Å². The summed E-state index contributed by atoms with van der Waals surface area (Å²) in [5.74, 6) is 1.61. The van der Waals surface area contributed by atoms with E-state index in [1.165, 1.54) is 37.8 Å². The molecule has 0 spiro atoms. The Morgan fingerprint density at radius 1 is 0.972 bits per heavy atom. The number of unbranched alkanes of at least 4 members (excludes halogenated alkanes) is 1. The van der Waals surface area contributed by atoms with Crippen LogP contribution in [0.3, 0.4) is 0 Å². The number of ether oxygens (including phenoxy) is 1. The average Bonchev–Trinajstić information content (AvgIpc) is 3.35. The van der Waals surface area contributed by atoms with Gasteiger partial charge in [0.1, 0.15) is 11.9 Å². The van der Waals surface area contributed by atoms with Crippen molar-refractivity contribution in [1.29, 1.82) is 0 Å². The summed E-state index contributed by atoms with van der Waals surface area (Å²) in [6.07, 6.45) is 7.85. The fraction of sp³-hybridized carbons (Fsp3) is 0.586. The van der Waals surface area contributed by atoms with Gasteiger partial charge in [0.25, 0.3) is 0 Å². The molecule has 2 unspecified atom stereocenters. The Morgan fingerprint density at radius 2 is 1.69 bits per heavy atom. The van der Waals surface area contributed by atoms with Gasteiger partial charge in [0, 0.05) is 74.5 Å². The van der Waals surface area contributed by atoms with Gasteiger partial charge in [-0.2, -0.15) is 0 Å². The highest BCUT2D eigenvalue weighted by molar-refractivity contribution is 6.31. The monoisotopic (exact) mass is 536 g/mol. The van der Waals surface area contributed by atoms with Crippen LogP contribution in [0.25, 0.3) is 0 Å². The van der Waals surface area contributed by atoms with Crippen LogP contribution in [-0.4, -0.2) is 53.9 Å². The van der Waals surface area contributed by atoms with Crippen molar-refractivity contribution in [3.8, 4) is 5.75 Å². The summed E-state index contributed by atoms with van der Waals surface area (Å²) in [4.78, 5) is 4.46. The van der Waals surface area contributed by atoms with E-state index in [1.807, 2.05) is 31.3 Å². The molecule has 202 valence electrons. The number of hydrogen-bond donors (Lipinski definition) is 2. The van der Waals surface area contributed by atoms with Crippen LogP contribution in [0.4, 0.5) is 17.1 Å². The van der Waals surface area contributed by atoms with Crippen LogP contribution in [0, 0.1) is 5.92 Å². The quantitative estimate of drug-likeness (QED) is 0.292. The number of nitrogens with one attached hydrogen (secondary N) is 2. The predicted molar refractivity (Wildman–Crippen MR) is 160 cm³/mol. The molecule has 36 heavy (non-hydrogen) atoms. The van der Waals surface area contributed by atoms with Crippen LogP contribution in [0.2, 0.25) is 10.0 Å². The number of halogens is 2. The Kier molecular flexibility index (Phi) is 13.6. The van der Waals surface area contributed by atoms with E-state index >= 15 is 0 Å². The van der Waals surface area contributed by atoms with E-state index in [1.54, 1.807) is 0 Å². The topological polar surface area (TPSA) is 39.8 Å². The van der Waals surface area contributed by atoms with Crippen molar-refractivity contribution >= 4 is 40.3 Å². The van der Waals surface area contributed by atoms with E-state index in [9.17, 15) is 0 Å². The summed E-state index contributed by atoms with van der Waals surface area (Å²) in [7, 11) is 8.15. The summed E-state index contributed by atoms with van der Waals surface area (Å²) < 4.78 is 5.81. The molecule has 2 atom stereocenters. The lowest BCUT2D eigenvalue weighted by molar-refractivity contribution is 0.223. The van der Waals surface area contributed by atoms with Crippen molar-refractivity contribution in [2.24, 2.45) is 5.92 Å². The summed E-state index contributed by atoms with van der Waals surface area (Å²) in [5.41, 5.74) is 3.34. The molecule has 2 aromatic rings. The summed E-state index contributed by atoms with van der Waals surface area (Å²) in [6, 6.07) is 12.0. The zero-order valence-corrected chi connectivity index (χ0v) is 24.6. The summed E-state index contributed by atoms with van der Waals surface area (Å²) in [5, 5.41) is 7.82. The van der Waals surface area contributed by atoms with Crippen LogP contribution in [0.15, 0.2) is 36.4 Å². The molecule has 2 N–H and O–H groups in total. The van der Waals surface area contributed by atoms with Crippen molar-refractivity contribution in [2.45, 2.75) is 58.5 Å². The highest BCUT2D eigenvalue weighted by atomic mass is 35.5. The van der Waals surface area contributed by atoms with Gasteiger partial charge in [0.15, 0.2) is 0 Å². The van der Waals surface area contributed by atoms with Gasteiger partial charge < -0.3 is 25.2 Å². The lowest BCUT2D eigenvalue weighted by Crippen LogP contribution is -2.25. The first-order chi connectivity index (χ1) is 17.2. The zero-order chi connectivity index (χ0) is 26.5. The number of anilines is 3. The van der Waals surface area contributed by atoms with Crippen LogP contribution in [0.1, 0.15) is 52.4 Å². The smallest absolute Gasteiger partial charge is 0.123 e. The Bertz CT molecular complexity index is 903. The molecule has 0 amide bonds. The van der Waals surface area contributed by atoms with Crippen LogP contribution in [-0.2, 0) is 0 Å². The van der Waals surface area contributed by atoms with Crippen molar-refractivity contribution < 1.29 is 4.74 Å². The Hall–Kier alpha value is -1.82. The Labute approximate surface area is 229 Å². The van der Waals surface area contributed by atoms with E-state index in [0.717, 1.165) is 54.1 Å². The Morgan fingerprint density at radius 3 is 2.31 bits per heavy atom. The normalized spacial score (nSPS) is 15.6. The van der Waals surface area contributed by atoms with Crippen LogP contribution in [0.5, 0.6) is 5.75 Å². The molecule has 0 aromatic heterocycles. The molecule has 1 aliphatic rings. The van der Waals surface area contributed by atoms with Gasteiger partial charge in [-0.15, -0.1) is 0 Å². The molecule has 3 rings (SSSR count). The largest absolute Gasteiger partial charge is 0.489 e. The average molecular weight is 538 g/mol. The third kappa shape index (κ3) is 10.7. The second kappa shape index (κ2) is 16.1. The lowest BCUT2D eigenvalue weighted by atomic mass is 9.96. The van der Waals surface area contributed by atoms with Gasteiger partial charge in [0.05, 0.1) is 0 Å². The van der Waals surface area contributed by atoms with Crippen molar-refractivity contribution in [2.75, 3.05) is 62.9 Å². The molecule has 7 heteroatoms. The van der Waals surface area contributed by atoms with E-state index in [2.05, 4.69) is 67.6 Å². The molecule has 2 aromatic carbocycles. The number of nitrogens with zero attached hydrogens (tertiary/aromatic N) is 2. The molecular formula is C29H46Cl2N4O. The highest BCUT2D eigenvalue weighted by Crippen LogP contribution is 2.28. The molecule has 0 aliphatic carbocycles. The SMILES string of the molecule is CCCCC(CCC)CN(C)c1cc(Cl)cc(N(C)C)c1.CNc1cc(Cl)cc(OC2CCNC2)c1. The molecule has 0 bridgehead atoms. The predicted octanol–water partition coefficient (Wildman–Crippen LogP) is 7.57. The Balaban J connectivity index is 0.000000267. The van der Waals surface area contributed by atoms with Crippen LogP contribution < -0.4 is 25.2 Å². The van der Waals surface area contributed by atoms with Gasteiger partial charge in [-0.3, -0.25) is 0 Å². The minimum absolute atomic E-state index is 0.271. The van der Waals surface area contributed by atoms with E-state index in [-0.39, 0.29) is 6.10 Å². The second-order valence-corrected chi connectivity index (χ2v) is 10.8. The number of rotatable bonds is 12. The maximum absolute atomic E-state index is 6.27. The van der Waals surface area contributed by atoms with Gasteiger partial charge in [-0.05, 0) is 62.1 Å². The summed E-state index contributed by atoms with van der Waals surface area (Å²) >= 11 is 12.2. The standard InChI is InChI=1S/C18H31ClN2.C11H15ClN2O/c1-6-8-10-15(9-7-2)14-21(5)18-12-16(19)11-17(13-18)20(3)4;1-13-9-4-8(12)5-11(6-9)15-10-2-3-14-7-10/h11-13,15H,6-10,14H2,1-5H3;4-6,10,13-14H,2-3,7H2,1H3. The molecule has 0 radical (unpaired) electrons. The highest BCUT2D eigenvalue weighted by Gasteiger charge is 2.16. The molecule has 1 heterocycles. The first-order valence-electron chi connectivity index (χ1n) is 13.3. The van der Waals surface area contributed by atoms with E-state index in [0.29, 0.717) is 5.02 Å². The third-order valence-corrected chi connectivity index (χ3v) is 6.93. The van der Waals surface area contributed by atoms with Gasteiger partial charge >= 0.3 is 0 Å². The lowest BCUT2D eigenvalue weighted by Gasteiger charge is -2.27. The zero-order valence-electron chi connectivity index (χ0n) is 23.0. The molecule has 0 saturated carbocycles. The fourth-order valence-corrected chi connectivity index (χ4v) is 4.90. The van der Waals surface area contributed by atoms with E-state index < -0.39 is 0 Å². The minimum Gasteiger partial charge on any atom is -0.489 e. The third-order valence-electron chi connectivity index (χ3n) is 6.50. The second-order valence-electron chi connectivity index (χ2n) is 9.90. The molecule has 5 nitrogen and oxygen atoms in total. The molecular weight excluding hydrogens is 491 g/mol. The minimum atomic E-state index is 0.271. The molecule has 1 saturated heterocycles. The van der Waals surface area contributed by atoms with E-state index in [4.69, 9.17) is 27.9 Å². The van der Waals surface area contributed by atoms with Crippen molar-refractivity contribution in [3.63, 3.8) is 0 Å². The summed E-state index contributed by atoms with van der Waals surface area (Å²) in [6.45, 7) is 7.61. The van der Waals surface area contributed by atoms with Crippen molar-refractivity contribution in [3.05, 3.63) is 46.4 Å². The molecule has 1 aliphatic heterocycles. The first-order valence-corrected chi connectivity index (χ1v) is 14.1. The number of benzene rings is 2. The maximum atomic E-state index is 6.27. The number of hydrogen-bond acceptors (Lipinski definition) is 5. The van der Waals surface area contributed by atoms with Gasteiger partial charge in [-0.25, -0.2) is 0 Å². The maximum Gasteiger partial charge on any atom is 0.123 e.